The van der Waals surface area contributed by atoms with Crippen LogP contribution >= 0.6 is 11.6 Å². The van der Waals surface area contributed by atoms with Crippen LogP contribution < -0.4 is 0 Å². The highest BCUT2D eigenvalue weighted by molar-refractivity contribution is 6.32. The van der Waals surface area contributed by atoms with E-state index in [2.05, 4.69) is 24.8 Å². The summed E-state index contributed by atoms with van der Waals surface area (Å²) < 4.78 is 19.9. The molecule has 2 aliphatic rings. The van der Waals surface area contributed by atoms with Gasteiger partial charge in [0.1, 0.15) is 11.9 Å². The minimum atomic E-state index is -0.367. The molecule has 0 saturated carbocycles. The van der Waals surface area contributed by atoms with Crippen molar-refractivity contribution in [3.05, 3.63) is 77.1 Å². The molecule has 0 aromatic heterocycles. The third-order valence-corrected chi connectivity index (χ3v) is 5.53. The number of benzene rings is 2. The number of ether oxygens (including phenoxy) is 1. The van der Waals surface area contributed by atoms with Crippen LogP contribution in [0.3, 0.4) is 0 Å². The molecule has 2 unspecified atom stereocenters. The van der Waals surface area contributed by atoms with E-state index in [1.165, 1.54) is 11.1 Å². The third-order valence-electron chi connectivity index (χ3n) is 5.14. The summed E-state index contributed by atoms with van der Waals surface area (Å²) >= 11 is 6.19. The Morgan fingerprint density at radius 1 is 1.12 bits per heavy atom. The Morgan fingerprint density at radius 3 is 2.44 bits per heavy atom. The topological polar surface area (TPSA) is 12.5 Å². The lowest BCUT2D eigenvalue weighted by molar-refractivity contribution is 0.415. The average Bonchev–Trinajstić information content (AvgIpc) is 3.49. The van der Waals surface area contributed by atoms with Gasteiger partial charge in [0.25, 0.3) is 0 Å². The fourth-order valence-electron chi connectivity index (χ4n) is 3.46. The summed E-state index contributed by atoms with van der Waals surface area (Å²) in [6.45, 7) is 4.50. The summed E-state index contributed by atoms with van der Waals surface area (Å²) in [5.74, 6) is 0.223. The second-order valence-corrected chi connectivity index (χ2v) is 7.11. The maximum Gasteiger partial charge on any atom is 0.149 e. The summed E-state index contributed by atoms with van der Waals surface area (Å²) in [5, 5.41) is 0.175. The molecule has 2 aromatic rings. The lowest BCUT2D eigenvalue weighted by atomic mass is 9.86. The monoisotopic (exact) mass is 354 g/mol. The summed E-state index contributed by atoms with van der Waals surface area (Å²) in [4.78, 5) is 0. The van der Waals surface area contributed by atoms with E-state index in [-0.39, 0.29) is 16.9 Å². The molecule has 0 radical (unpaired) electrons. The van der Waals surface area contributed by atoms with E-state index in [1.807, 2.05) is 24.3 Å². The minimum absolute atomic E-state index is 0.0453. The quantitative estimate of drug-likeness (QED) is 0.446. The van der Waals surface area contributed by atoms with Crippen LogP contribution in [0.1, 0.15) is 36.5 Å². The van der Waals surface area contributed by atoms with Crippen molar-refractivity contribution >= 4 is 17.2 Å². The standard InChI is InChI=1S/C22H20ClFO/c1-2-14-3-5-15(6-4-14)16-7-9-17(10-8-16)18-11-12-19(20-13-25-20)21(23)22(18)24/h2,5,7-12,14,20H,1,3-4,6,13H2. The van der Waals surface area contributed by atoms with E-state index in [4.69, 9.17) is 16.3 Å². The molecule has 25 heavy (non-hydrogen) atoms. The van der Waals surface area contributed by atoms with E-state index in [9.17, 15) is 4.39 Å². The zero-order chi connectivity index (χ0) is 17.4. The van der Waals surface area contributed by atoms with Crippen LogP contribution in [-0.2, 0) is 4.74 Å². The molecule has 1 fully saturated rings. The molecule has 1 aliphatic heterocycles. The highest BCUT2D eigenvalue weighted by atomic mass is 35.5. The molecular formula is C22H20ClFO. The second kappa shape index (κ2) is 6.78. The number of rotatable bonds is 4. The number of allylic oxidation sites excluding steroid dienone is 3. The van der Waals surface area contributed by atoms with Crippen molar-refractivity contribution in [2.75, 3.05) is 6.61 Å². The maximum atomic E-state index is 14.7. The SMILES string of the molecule is C=CC1CC=C(c2ccc(-c3ccc(C4CO4)c(Cl)c3F)cc2)CC1. The molecule has 1 heterocycles. The van der Waals surface area contributed by atoms with Gasteiger partial charge in [-0.15, -0.1) is 6.58 Å². The Labute approximate surface area is 152 Å². The Balaban J connectivity index is 1.59. The fraction of sp³-hybridized carbons (Fsp3) is 0.273. The zero-order valence-corrected chi connectivity index (χ0v) is 14.7. The molecule has 128 valence electrons. The van der Waals surface area contributed by atoms with Crippen LogP contribution in [0.25, 0.3) is 16.7 Å². The van der Waals surface area contributed by atoms with Gasteiger partial charge in [-0.1, -0.05) is 60.2 Å². The van der Waals surface area contributed by atoms with Gasteiger partial charge >= 0.3 is 0 Å². The van der Waals surface area contributed by atoms with Crippen molar-refractivity contribution in [1.29, 1.82) is 0 Å². The number of hydrogen-bond donors (Lipinski definition) is 0. The van der Waals surface area contributed by atoms with Crippen LogP contribution in [0.2, 0.25) is 5.02 Å². The third kappa shape index (κ3) is 3.29. The molecule has 0 bridgehead atoms. The molecular weight excluding hydrogens is 335 g/mol. The van der Waals surface area contributed by atoms with Gasteiger partial charge in [0.15, 0.2) is 0 Å². The summed E-state index contributed by atoms with van der Waals surface area (Å²) in [6.07, 6.45) is 7.55. The fourth-order valence-corrected chi connectivity index (χ4v) is 3.74. The molecule has 2 aromatic carbocycles. The van der Waals surface area contributed by atoms with Crippen molar-refractivity contribution in [3.8, 4) is 11.1 Å². The minimum Gasteiger partial charge on any atom is -0.368 e. The highest BCUT2D eigenvalue weighted by Gasteiger charge is 2.29. The molecule has 2 atom stereocenters. The lowest BCUT2D eigenvalue weighted by Gasteiger charge is -2.19. The smallest absolute Gasteiger partial charge is 0.149 e. The molecule has 3 heteroatoms. The first kappa shape index (κ1) is 16.6. The van der Waals surface area contributed by atoms with Crippen LogP contribution in [-0.4, -0.2) is 6.61 Å². The van der Waals surface area contributed by atoms with E-state index in [0.717, 1.165) is 30.4 Å². The highest BCUT2D eigenvalue weighted by Crippen LogP contribution is 2.39. The Morgan fingerprint density at radius 2 is 1.84 bits per heavy atom. The number of halogens is 2. The summed E-state index contributed by atoms with van der Waals surface area (Å²) in [5.41, 5.74) is 4.69. The summed E-state index contributed by atoms with van der Waals surface area (Å²) in [6, 6.07) is 11.7. The first-order chi connectivity index (χ1) is 12.2. The molecule has 0 N–H and O–H groups in total. The van der Waals surface area contributed by atoms with Crippen molar-refractivity contribution in [1.82, 2.24) is 0 Å². The van der Waals surface area contributed by atoms with Gasteiger partial charge in [0.05, 0.1) is 11.6 Å². The van der Waals surface area contributed by atoms with Crippen molar-refractivity contribution in [2.45, 2.75) is 25.4 Å². The van der Waals surface area contributed by atoms with E-state index >= 15 is 0 Å². The number of hydrogen-bond acceptors (Lipinski definition) is 1. The Kier molecular flexibility index (Phi) is 4.49. The van der Waals surface area contributed by atoms with E-state index in [0.29, 0.717) is 18.1 Å². The molecule has 1 nitrogen and oxygen atoms in total. The van der Waals surface area contributed by atoms with E-state index < -0.39 is 0 Å². The van der Waals surface area contributed by atoms with Gasteiger partial charge in [0, 0.05) is 11.1 Å². The van der Waals surface area contributed by atoms with Gasteiger partial charge in [0.2, 0.25) is 0 Å². The first-order valence-electron chi connectivity index (χ1n) is 8.69. The van der Waals surface area contributed by atoms with Gasteiger partial charge in [-0.25, -0.2) is 4.39 Å². The molecule has 0 spiro atoms. The average molecular weight is 355 g/mol. The van der Waals surface area contributed by atoms with Crippen molar-refractivity contribution in [2.24, 2.45) is 5.92 Å². The predicted molar refractivity (Wildman–Crippen MR) is 101 cm³/mol. The van der Waals surface area contributed by atoms with Crippen molar-refractivity contribution in [3.63, 3.8) is 0 Å². The molecule has 4 rings (SSSR count). The van der Waals surface area contributed by atoms with Crippen LogP contribution in [0.4, 0.5) is 4.39 Å². The predicted octanol–water partition coefficient (Wildman–Crippen LogP) is 6.59. The number of epoxide rings is 1. The van der Waals surface area contributed by atoms with Gasteiger partial charge < -0.3 is 4.74 Å². The first-order valence-corrected chi connectivity index (χ1v) is 9.07. The second-order valence-electron chi connectivity index (χ2n) is 6.73. The molecule has 0 amide bonds. The summed E-state index contributed by atoms with van der Waals surface area (Å²) in [7, 11) is 0. The van der Waals surface area contributed by atoms with Crippen LogP contribution in [0.15, 0.2) is 55.1 Å². The van der Waals surface area contributed by atoms with Crippen LogP contribution in [0, 0.1) is 11.7 Å². The molecule has 1 aliphatic carbocycles. The normalized spacial score (nSPS) is 22.4. The van der Waals surface area contributed by atoms with E-state index in [1.54, 1.807) is 6.07 Å². The van der Waals surface area contributed by atoms with Gasteiger partial charge in [-0.3, -0.25) is 0 Å². The Hall–Kier alpha value is -1.90. The lowest BCUT2D eigenvalue weighted by Crippen LogP contribution is -2.02. The van der Waals surface area contributed by atoms with Crippen LogP contribution in [0.5, 0.6) is 0 Å². The van der Waals surface area contributed by atoms with Crippen molar-refractivity contribution < 1.29 is 9.13 Å². The molecule has 1 saturated heterocycles. The van der Waals surface area contributed by atoms with Gasteiger partial charge in [-0.05, 0) is 41.9 Å². The Bertz CT molecular complexity index is 834. The van der Waals surface area contributed by atoms with Gasteiger partial charge in [-0.2, -0.15) is 0 Å². The maximum absolute atomic E-state index is 14.7. The largest absolute Gasteiger partial charge is 0.368 e. The zero-order valence-electron chi connectivity index (χ0n) is 14.0.